The van der Waals surface area contributed by atoms with Gasteiger partial charge >= 0.3 is 0 Å². The minimum Gasteiger partial charge on any atom is -0.493 e. The lowest BCUT2D eigenvalue weighted by Crippen LogP contribution is -2.20. The standard InChI is InChI=1S/C14H13BrN2O2/c15-10-6-2-5-9(7-10)11-13(18)16-12(17-14(11)19)8-3-1-4-8/h2,5-8H,1,3-4H2,(H2,16,17,18,19). The van der Waals surface area contributed by atoms with Crippen LogP contribution in [0, 0.1) is 0 Å². The summed E-state index contributed by atoms with van der Waals surface area (Å²) in [5.41, 5.74) is 0.595. The van der Waals surface area contributed by atoms with Gasteiger partial charge in [0.15, 0.2) is 0 Å². The van der Waals surface area contributed by atoms with E-state index in [-0.39, 0.29) is 22.9 Å². The van der Waals surface area contributed by atoms with Crippen LogP contribution in [0.2, 0.25) is 0 Å². The molecular weight excluding hydrogens is 308 g/mol. The van der Waals surface area contributed by atoms with Crippen LogP contribution < -0.4 is 5.56 Å². The Morgan fingerprint density at radius 3 is 2.74 bits per heavy atom. The van der Waals surface area contributed by atoms with Crippen molar-refractivity contribution in [1.29, 1.82) is 0 Å². The molecule has 1 aliphatic rings. The molecule has 0 bridgehead atoms. The lowest BCUT2D eigenvalue weighted by Gasteiger charge is -2.24. The summed E-state index contributed by atoms with van der Waals surface area (Å²) in [6.07, 6.45) is 3.21. The fraction of sp³-hybridized carbons (Fsp3) is 0.286. The zero-order chi connectivity index (χ0) is 13.4. The van der Waals surface area contributed by atoms with Crippen LogP contribution in [0.3, 0.4) is 0 Å². The summed E-state index contributed by atoms with van der Waals surface area (Å²) in [7, 11) is 0. The van der Waals surface area contributed by atoms with Gasteiger partial charge in [0.25, 0.3) is 5.56 Å². The van der Waals surface area contributed by atoms with E-state index < -0.39 is 0 Å². The van der Waals surface area contributed by atoms with Crippen molar-refractivity contribution in [1.82, 2.24) is 9.97 Å². The zero-order valence-electron chi connectivity index (χ0n) is 10.2. The summed E-state index contributed by atoms with van der Waals surface area (Å²) in [4.78, 5) is 19.1. The second-order valence-electron chi connectivity index (χ2n) is 4.79. The van der Waals surface area contributed by atoms with E-state index in [4.69, 9.17) is 0 Å². The summed E-state index contributed by atoms with van der Waals surface area (Å²) in [5.74, 6) is 0.700. The molecule has 1 aromatic heterocycles. The Morgan fingerprint density at radius 2 is 2.16 bits per heavy atom. The first-order chi connectivity index (χ1) is 9.15. The van der Waals surface area contributed by atoms with E-state index in [0.29, 0.717) is 11.4 Å². The maximum atomic E-state index is 12.1. The molecule has 0 radical (unpaired) electrons. The Bertz CT molecular complexity index is 677. The van der Waals surface area contributed by atoms with Crippen molar-refractivity contribution >= 4 is 15.9 Å². The van der Waals surface area contributed by atoms with E-state index in [1.807, 2.05) is 12.1 Å². The molecule has 1 aromatic carbocycles. The van der Waals surface area contributed by atoms with Gasteiger partial charge < -0.3 is 10.1 Å². The van der Waals surface area contributed by atoms with E-state index >= 15 is 0 Å². The fourth-order valence-corrected chi connectivity index (χ4v) is 2.66. The third kappa shape index (κ3) is 2.30. The smallest absolute Gasteiger partial charge is 0.262 e. The van der Waals surface area contributed by atoms with E-state index in [9.17, 15) is 9.90 Å². The molecule has 5 heteroatoms. The van der Waals surface area contributed by atoms with Gasteiger partial charge in [-0.3, -0.25) is 4.79 Å². The molecule has 0 aliphatic heterocycles. The first kappa shape index (κ1) is 12.4. The average molecular weight is 321 g/mol. The van der Waals surface area contributed by atoms with Gasteiger partial charge in [0, 0.05) is 10.4 Å². The van der Waals surface area contributed by atoms with Gasteiger partial charge in [-0.25, -0.2) is 0 Å². The van der Waals surface area contributed by atoms with Crippen LogP contribution in [0.25, 0.3) is 11.1 Å². The monoisotopic (exact) mass is 320 g/mol. The number of nitrogens with zero attached hydrogens (tertiary/aromatic N) is 1. The van der Waals surface area contributed by atoms with Crippen LogP contribution in [-0.4, -0.2) is 15.1 Å². The van der Waals surface area contributed by atoms with Crippen molar-refractivity contribution in [3.8, 4) is 17.0 Å². The maximum Gasteiger partial charge on any atom is 0.262 e. The molecule has 0 unspecified atom stereocenters. The third-order valence-corrected chi connectivity index (χ3v) is 4.02. The van der Waals surface area contributed by atoms with Gasteiger partial charge in [-0.15, -0.1) is 0 Å². The van der Waals surface area contributed by atoms with E-state index in [1.54, 1.807) is 12.1 Å². The SMILES string of the molecule is O=c1[nH]c(C2CCC2)nc(O)c1-c1cccc(Br)c1. The maximum absolute atomic E-state index is 12.1. The van der Waals surface area contributed by atoms with E-state index in [2.05, 4.69) is 25.9 Å². The molecule has 2 aromatic rings. The molecule has 1 saturated carbocycles. The van der Waals surface area contributed by atoms with Crippen molar-refractivity contribution in [2.24, 2.45) is 0 Å². The number of hydrogen-bond donors (Lipinski definition) is 2. The Balaban J connectivity index is 2.09. The predicted molar refractivity (Wildman–Crippen MR) is 76.3 cm³/mol. The molecule has 0 spiro atoms. The topological polar surface area (TPSA) is 66.0 Å². The molecule has 0 saturated heterocycles. The summed E-state index contributed by atoms with van der Waals surface area (Å²) < 4.78 is 0.854. The minimum absolute atomic E-state index is 0.191. The lowest BCUT2D eigenvalue weighted by molar-refractivity contribution is 0.387. The largest absolute Gasteiger partial charge is 0.493 e. The molecule has 3 rings (SSSR count). The van der Waals surface area contributed by atoms with Crippen LogP contribution >= 0.6 is 15.9 Å². The van der Waals surface area contributed by atoms with Crippen LogP contribution in [0.1, 0.15) is 31.0 Å². The highest BCUT2D eigenvalue weighted by molar-refractivity contribution is 9.10. The first-order valence-corrected chi connectivity index (χ1v) is 7.03. The van der Waals surface area contributed by atoms with Crippen molar-refractivity contribution in [2.45, 2.75) is 25.2 Å². The number of nitrogens with one attached hydrogen (secondary N) is 1. The summed E-state index contributed by atoms with van der Waals surface area (Å²) in [6.45, 7) is 0. The zero-order valence-corrected chi connectivity index (χ0v) is 11.8. The van der Waals surface area contributed by atoms with Gasteiger partial charge in [0.05, 0.1) is 0 Å². The Kier molecular flexibility index (Phi) is 3.14. The number of aromatic hydroxyl groups is 1. The van der Waals surface area contributed by atoms with Crippen molar-refractivity contribution in [3.63, 3.8) is 0 Å². The number of aromatic nitrogens is 2. The Hall–Kier alpha value is -1.62. The number of hydrogen-bond acceptors (Lipinski definition) is 3. The van der Waals surface area contributed by atoms with Crippen LogP contribution in [0.4, 0.5) is 0 Å². The number of halogens is 1. The number of benzene rings is 1. The van der Waals surface area contributed by atoms with E-state index in [0.717, 1.165) is 23.7 Å². The highest BCUT2D eigenvalue weighted by Crippen LogP contribution is 2.35. The van der Waals surface area contributed by atoms with Gasteiger partial charge in [-0.05, 0) is 30.5 Å². The van der Waals surface area contributed by atoms with Gasteiger partial charge in [0.1, 0.15) is 11.4 Å². The summed E-state index contributed by atoms with van der Waals surface area (Å²) >= 11 is 3.35. The van der Waals surface area contributed by atoms with Crippen molar-refractivity contribution in [2.75, 3.05) is 0 Å². The molecule has 98 valence electrons. The van der Waals surface area contributed by atoms with Gasteiger partial charge in [0.2, 0.25) is 5.88 Å². The van der Waals surface area contributed by atoms with Gasteiger partial charge in [-0.1, -0.05) is 34.5 Å². The molecule has 1 heterocycles. The summed E-state index contributed by atoms with van der Waals surface area (Å²) in [6, 6.07) is 7.25. The second-order valence-corrected chi connectivity index (χ2v) is 5.70. The molecule has 0 amide bonds. The van der Waals surface area contributed by atoms with E-state index in [1.165, 1.54) is 0 Å². The van der Waals surface area contributed by atoms with Gasteiger partial charge in [-0.2, -0.15) is 4.98 Å². The Morgan fingerprint density at radius 1 is 1.37 bits per heavy atom. The molecule has 2 N–H and O–H groups in total. The molecule has 1 fully saturated rings. The highest BCUT2D eigenvalue weighted by Gasteiger charge is 2.24. The minimum atomic E-state index is -0.285. The van der Waals surface area contributed by atoms with Crippen molar-refractivity contribution in [3.05, 3.63) is 44.9 Å². The number of rotatable bonds is 2. The van der Waals surface area contributed by atoms with Crippen LogP contribution in [-0.2, 0) is 0 Å². The number of H-pyrrole nitrogens is 1. The molecule has 19 heavy (non-hydrogen) atoms. The first-order valence-electron chi connectivity index (χ1n) is 6.24. The van der Waals surface area contributed by atoms with Crippen LogP contribution in [0.15, 0.2) is 33.5 Å². The van der Waals surface area contributed by atoms with Crippen LogP contribution in [0.5, 0.6) is 5.88 Å². The average Bonchev–Trinajstić information content (AvgIpc) is 2.25. The molecule has 1 aliphatic carbocycles. The van der Waals surface area contributed by atoms with Crippen molar-refractivity contribution < 1.29 is 5.11 Å². The Labute approximate surface area is 118 Å². The quantitative estimate of drug-likeness (QED) is 0.893. The second kappa shape index (κ2) is 4.81. The lowest BCUT2D eigenvalue weighted by atomic mass is 9.85. The number of aromatic amines is 1. The summed E-state index contributed by atoms with van der Waals surface area (Å²) in [5, 5.41) is 10.0. The predicted octanol–water partition coefficient (Wildman–Crippen LogP) is 3.17. The third-order valence-electron chi connectivity index (χ3n) is 3.52. The fourth-order valence-electron chi connectivity index (χ4n) is 2.26. The molecular formula is C14H13BrN2O2. The highest BCUT2D eigenvalue weighted by atomic mass is 79.9. The normalized spacial score (nSPS) is 15.2. The molecule has 4 nitrogen and oxygen atoms in total. The molecule has 0 atom stereocenters.